The zero-order valence-electron chi connectivity index (χ0n) is 15.5. The van der Waals surface area contributed by atoms with Crippen LogP contribution in [0, 0.1) is 0 Å². The highest BCUT2D eigenvalue weighted by atomic mass is 16.5. The summed E-state index contributed by atoms with van der Waals surface area (Å²) >= 11 is 0. The van der Waals surface area contributed by atoms with Crippen LogP contribution >= 0.6 is 0 Å². The monoisotopic (exact) mass is 391 g/mol. The van der Waals surface area contributed by atoms with Crippen LogP contribution in [-0.2, 0) is 11.2 Å². The maximum Gasteiger partial charge on any atom is 0.307 e. The normalized spacial score (nSPS) is 10.9. The molecular weight excluding hydrogens is 374 g/mol. The Morgan fingerprint density at radius 1 is 1.17 bits per heavy atom. The zero-order valence-corrected chi connectivity index (χ0v) is 15.5. The van der Waals surface area contributed by atoms with Crippen molar-refractivity contribution in [2.24, 2.45) is 0 Å². The summed E-state index contributed by atoms with van der Waals surface area (Å²) in [5.74, 6) is -0.0604. The van der Waals surface area contributed by atoms with Crippen molar-refractivity contribution in [3.05, 3.63) is 58.4 Å². The van der Waals surface area contributed by atoms with Crippen LogP contribution in [0.1, 0.15) is 12.5 Å². The Kier molecular flexibility index (Phi) is 4.78. The number of aliphatic carboxylic acids is 1. The first-order valence-electron chi connectivity index (χ1n) is 8.95. The minimum Gasteiger partial charge on any atom is -0.493 e. The number of aromatic nitrogens is 5. The largest absolute Gasteiger partial charge is 0.493 e. The van der Waals surface area contributed by atoms with Crippen molar-refractivity contribution in [2.45, 2.75) is 13.3 Å². The van der Waals surface area contributed by atoms with Gasteiger partial charge in [0.25, 0.3) is 5.56 Å². The van der Waals surface area contributed by atoms with Gasteiger partial charge < -0.3 is 14.8 Å². The first kappa shape index (κ1) is 18.4. The van der Waals surface area contributed by atoms with Crippen LogP contribution in [0.2, 0.25) is 0 Å². The third-order valence-electron chi connectivity index (χ3n) is 4.41. The van der Waals surface area contributed by atoms with E-state index in [4.69, 9.17) is 4.74 Å². The lowest BCUT2D eigenvalue weighted by Gasteiger charge is -2.14. The molecule has 0 saturated heterocycles. The van der Waals surface area contributed by atoms with Gasteiger partial charge in [0, 0.05) is 0 Å². The molecule has 0 spiro atoms. The lowest BCUT2D eigenvalue weighted by molar-refractivity contribution is -0.136. The Labute approximate surface area is 164 Å². The van der Waals surface area contributed by atoms with Crippen LogP contribution in [0.4, 0.5) is 0 Å². The summed E-state index contributed by atoms with van der Waals surface area (Å²) in [6.07, 6.45) is -0.0831. The van der Waals surface area contributed by atoms with Gasteiger partial charge in [-0.2, -0.15) is 0 Å². The van der Waals surface area contributed by atoms with Gasteiger partial charge in [0.05, 0.1) is 18.6 Å². The molecule has 0 aliphatic carbocycles. The number of H-pyrrole nitrogens is 2. The fraction of sp³-hybridized carbons (Fsp3) is 0.150. The molecule has 0 amide bonds. The van der Waals surface area contributed by atoms with Crippen LogP contribution in [0.5, 0.6) is 5.75 Å². The van der Waals surface area contributed by atoms with E-state index >= 15 is 0 Å². The van der Waals surface area contributed by atoms with E-state index in [1.165, 1.54) is 0 Å². The first-order valence-corrected chi connectivity index (χ1v) is 8.95. The predicted molar refractivity (Wildman–Crippen MR) is 106 cm³/mol. The third-order valence-corrected chi connectivity index (χ3v) is 4.41. The molecule has 29 heavy (non-hydrogen) atoms. The maximum absolute atomic E-state index is 12.2. The predicted octanol–water partition coefficient (Wildman–Crippen LogP) is 2.40. The Balaban J connectivity index is 1.84. The van der Waals surface area contributed by atoms with Crippen molar-refractivity contribution in [3.63, 3.8) is 0 Å². The number of nitrogens with zero attached hydrogens (tertiary/aromatic N) is 3. The molecule has 0 radical (unpaired) electrons. The number of carboxylic acid groups (broad SMARTS) is 1. The highest BCUT2D eigenvalue weighted by Gasteiger charge is 2.15. The molecule has 0 unspecified atom stereocenters. The molecule has 3 N–H and O–H groups in total. The summed E-state index contributed by atoms with van der Waals surface area (Å²) in [5.41, 5.74) is 2.91. The van der Waals surface area contributed by atoms with Gasteiger partial charge in [-0.25, -0.2) is 10.1 Å². The number of rotatable bonds is 6. The number of aromatic amines is 2. The molecule has 0 aliphatic rings. The van der Waals surface area contributed by atoms with Crippen molar-refractivity contribution in [1.82, 2.24) is 25.4 Å². The van der Waals surface area contributed by atoms with Crippen molar-refractivity contribution >= 4 is 17.1 Å². The molecule has 2 heterocycles. The molecule has 0 saturated carbocycles. The minimum absolute atomic E-state index is 0.0831. The smallest absolute Gasteiger partial charge is 0.307 e. The van der Waals surface area contributed by atoms with Gasteiger partial charge in [0.1, 0.15) is 11.6 Å². The van der Waals surface area contributed by atoms with E-state index in [1.54, 1.807) is 12.1 Å². The van der Waals surface area contributed by atoms with Gasteiger partial charge in [-0.05, 0) is 35.7 Å². The molecule has 4 aromatic rings. The van der Waals surface area contributed by atoms with E-state index in [2.05, 4.69) is 25.4 Å². The topological polar surface area (TPSA) is 134 Å². The van der Waals surface area contributed by atoms with Gasteiger partial charge in [-0.3, -0.25) is 9.59 Å². The molecule has 2 aromatic carbocycles. The van der Waals surface area contributed by atoms with Crippen LogP contribution in [0.15, 0.2) is 47.3 Å². The Bertz CT molecular complexity index is 1260. The van der Waals surface area contributed by atoms with E-state index in [-0.39, 0.29) is 17.6 Å². The Hall–Kier alpha value is -4.01. The van der Waals surface area contributed by atoms with Crippen LogP contribution < -0.4 is 10.3 Å². The average Bonchev–Trinajstić information content (AvgIpc) is 3.17. The van der Waals surface area contributed by atoms with E-state index in [9.17, 15) is 14.7 Å². The SMILES string of the molecule is CCOc1cc(-c2ccccc2CC(=O)O)ccc1-c1nc2[nH]nnc2c(=O)[nH]1. The molecule has 9 nitrogen and oxygen atoms in total. The molecule has 146 valence electrons. The number of carboxylic acids is 1. The highest BCUT2D eigenvalue weighted by molar-refractivity contribution is 5.80. The maximum atomic E-state index is 12.2. The fourth-order valence-corrected chi connectivity index (χ4v) is 3.17. The van der Waals surface area contributed by atoms with Crippen molar-refractivity contribution in [1.29, 1.82) is 0 Å². The van der Waals surface area contributed by atoms with Crippen LogP contribution in [-0.4, -0.2) is 43.1 Å². The summed E-state index contributed by atoms with van der Waals surface area (Å²) in [6, 6.07) is 12.8. The third kappa shape index (κ3) is 3.57. The van der Waals surface area contributed by atoms with Gasteiger partial charge in [0.2, 0.25) is 0 Å². The Morgan fingerprint density at radius 3 is 2.79 bits per heavy atom. The number of hydrogen-bond donors (Lipinski definition) is 3. The van der Waals surface area contributed by atoms with Crippen LogP contribution in [0.25, 0.3) is 33.7 Å². The number of hydrogen-bond acceptors (Lipinski definition) is 6. The number of fused-ring (bicyclic) bond motifs is 1. The van der Waals surface area contributed by atoms with E-state index in [0.717, 1.165) is 11.1 Å². The molecule has 4 rings (SSSR count). The number of nitrogens with one attached hydrogen (secondary N) is 2. The summed E-state index contributed by atoms with van der Waals surface area (Å²) in [4.78, 5) is 30.5. The molecule has 0 fully saturated rings. The lowest BCUT2D eigenvalue weighted by atomic mass is 9.96. The zero-order chi connectivity index (χ0) is 20.4. The van der Waals surface area contributed by atoms with Crippen molar-refractivity contribution in [2.75, 3.05) is 6.61 Å². The van der Waals surface area contributed by atoms with E-state index in [0.29, 0.717) is 29.3 Å². The van der Waals surface area contributed by atoms with Gasteiger partial charge in [-0.1, -0.05) is 35.5 Å². The van der Waals surface area contributed by atoms with E-state index in [1.807, 2.05) is 37.3 Å². The second-order valence-corrected chi connectivity index (χ2v) is 6.30. The summed E-state index contributed by atoms with van der Waals surface area (Å²) in [7, 11) is 0. The second-order valence-electron chi connectivity index (χ2n) is 6.30. The molecule has 0 atom stereocenters. The summed E-state index contributed by atoms with van der Waals surface area (Å²) in [6.45, 7) is 2.26. The average molecular weight is 391 g/mol. The van der Waals surface area contributed by atoms with Crippen LogP contribution in [0.3, 0.4) is 0 Å². The summed E-state index contributed by atoms with van der Waals surface area (Å²) < 4.78 is 5.79. The fourth-order valence-electron chi connectivity index (χ4n) is 3.17. The van der Waals surface area contributed by atoms with Crippen molar-refractivity contribution in [3.8, 4) is 28.3 Å². The molecule has 0 bridgehead atoms. The number of ether oxygens (including phenoxy) is 1. The molecule has 2 aromatic heterocycles. The highest BCUT2D eigenvalue weighted by Crippen LogP contribution is 2.34. The standard InChI is InChI=1S/C20H17N5O4/c1-2-29-15-9-12(13-6-4-3-5-11(13)10-16(26)27)7-8-14(15)18-21-19-17(20(28)22-18)23-25-24-19/h3-9H,2,10H2,1H3,(H,26,27)(H2,21,22,23,24,25,28). The number of carbonyl (C=O) groups is 1. The van der Waals surface area contributed by atoms with Gasteiger partial charge in [-0.15, -0.1) is 5.10 Å². The van der Waals surface area contributed by atoms with Gasteiger partial charge >= 0.3 is 5.97 Å². The molecule has 0 aliphatic heterocycles. The van der Waals surface area contributed by atoms with E-state index < -0.39 is 11.5 Å². The quantitative estimate of drug-likeness (QED) is 0.459. The molecular formula is C20H17N5O4. The Morgan fingerprint density at radius 2 is 2.00 bits per heavy atom. The lowest BCUT2D eigenvalue weighted by Crippen LogP contribution is -2.10. The summed E-state index contributed by atoms with van der Waals surface area (Å²) in [5, 5.41) is 19.1. The van der Waals surface area contributed by atoms with Crippen molar-refractivity contribution < 1.29 is 14.6 Å². The second kappa shape index (κ2) is 7.55. The first-order chi connectivity index (χ1) is 14.1. The number of benzene rings is 2. The molecule has 9 heteroatoms. The minimum atomic E-state index is -0.901. The van der Waals surface area contributed by atoms with Gasteiger partial charge in [0.15, 0.2) is 11.2 Å².